The number of nitrogens with zero attached hydrogens (tertiary/aromatic N) is 4. The number of benzene rings is 2. The number of carbonyl (C=O) groups is 2. The molecule has 0 radical (unpaired) electrons. The number of carbonyl (C=O) groups excluding carboxylic acids is 1. The van der Waals surface area contributed by atoms with E-state index in [1.165, 1.54) is 0 Å². The molecule has 33 heavy (non-hydrogen) atoms. The van der Waals surface area contributed by atoms with Gasteiger partial charge in [-0.25, -0.2) is 4.79 Å². The molecule has 170 valence electrons. The Kier molecular flexibility index (Phi) is 6.29. The maximum atomic E-state index is 13.1. The van der Waals surface area contributed by atoms with Crippen LogP contribution in [0.5, 0.6) is 0 Å². The van der Waals surface area contributed by atoms with Crippen LogP contribution in [-0.2, 0) is 11.3 Å². The molecule has 0 spiro atoms. The normalized spacial score (nSPS) is 14.4. The second-order valence-corrected chi connectivity index (χ2v) is 8.46. The number of amides is 1. The summed E-state index contributed by atoms with van der Waals surface area (Å²) >= 11 is 6.49. The van der Waals surface area contributed by atoms with Crippen LogP contribution in [0.1, 0.15) is 53.4 Å². The number of hydrogen-bond donors (Lipinski definition) is 2. The minimum Gasteiger partial charge on any atom is -0.480 e. The average Bonchev–Trinajstić information content (AvgIpc) is 3.08. The Labute approximate surface area is 196 Å². The molecule has 0 fully saturated rings. The van der Waals surface area contributed by atoms with E-state index in [2.05, 4.69) is 15.5 Å². The Hall–Kier alpha value is -3.52. The molecule has 0 aliphatic carbocycles. The SMILES string of the molecule is CCC(C)[C@H](NC(=O)c1ccc2c(c1)C(c1ccccc1Cl)=NCc1nnc(C)n1-2)C(=O)O. The first-order valence-electron chi connectivity index (χ1n) is 10.7. The fourth-order valence-electron chi connectivity index (χ4n) is 3.91. The molecule has 8 nitrogen and oxygen atoms in total. The molecule has 1 aliphatic rings. The van der Waals surface area contributed by atoms with Crippen molar-refractivity contribution in [3.63, 3.8) is 0 Å². The van der Waals surface area contributed by atoms with Gasteiger partial charge >= 0.3 is 5.97 Å². The number of aliphatic carboxylic acids is 1. The van der Waals surface area contributed by atoms with E-state index in [1.54, 1.807) is 31.2 Å². The summed E-state index contributed by atoms with van der Waals surface area (Å²) in [6.45, 7) is 5.84. The number of aryl methyl sites for hydroxylation is 1. The van der Waals surface area contributed by atoms with Crippen molar-refractivity contribution < 1.29 is 14.7 Å². The lowest BCUT2D eigenvalue weighted by molar-refractivity contribution is -0.140. The number of carboxylic acid groups (broad SMARTS) is 1. The Morgan fingerprint density at radius 3 is 2.64 bits per heavy atom. The number of fused-ring (bicyclic) bond motifs is 3. The lowest BCUT2D eigenvalue weighted by atomic mass is 9.96. The van der Waals surface area contributed by atoms with Crippen LogP contribution in [0, 0.1) is 12.8 Å². The highest BCUT2D eigenvalue weighted by Gasteiger charge is 2.28. The molecular formula is C24H24ClN5O3. The van der Waals surface area contributed by atoms with E-state index in [9.17, 15) is 14.7 Å². The van der Waals surface area contributed by atoms with Gasteiger partial charge in [-0.2, -0.15) is 0 Å². The quantitative estimate of drug-likeness (QED) is 0.575. The van der Waals surface area contributed by atoms with Gasteiger partial charge in [0.2, 0.25) is 0 Å². The zero-order valence-corrected chi connectivity index (χ0v) is 19.3. The van der Waals surface area contributed by atoms with Crippen molar-refractivity contribution in [1.82, 2.24) is 20.1 Å². The minimum absolute atomic E-state index is 0.213. The van der Waals surface area contributed by atoms with Gasteiger partial charge in [-0.05, 0) is 37.1 Å². The lowest BCUT2D eigenvalue weighted by Crippen LogP contribution is -2.45. The van der Waals surface area contributed by atoms with Crippen LogP contribution in [0.3, 0.4) is 0 Å². The van der Waals surface area contributed by atoms with Crippen LogP contribution >= 0.6 is 11.6 Å². The molecule has 0 bridgehead atoms. The van der Waals surface area contributed by atoms with Gasteiger partial charge in [0.1, 0.15) is 18.4 Å². The smallest absolute Gasteiger partial charge is 0.326 e. The molecule has 9 heteroatoms. The monoisotopic (exact) mass is 465 g/mol. The average molecular weight is 466 g/mol. The first kappa shape index (κ1) is 22.7. The molecule has 2 heterocycles. The molecule has 3 aromatic rings. The summed E-state index contributed by atoms with van der Waals surface area (Å²) in [6, 6.07) is 11.6. The molecule has 0 saturated heterocycles. The summed E-state index contributed by atoms with van der Waals surface area (Å²) in [4.78, 5) is 29.5. The van der Waals surface area contributed by atoms with Crippen LogP contribution in [0.4, 0.5) is 0 Å². The Morgan fingerprint density at radius 2 is 1.94 bits per heavy atom. The van der Waals surface area contributed by atoms with Crippen molar-refractivity contribution in [3.8, 4) is 5.69 Å². The number of rotatable bonds is 6. The highest BCUT2D eigenvalue weighted by atomic mass is 35.5. The lowest BCUT2D eigenvalue weighted by Gasteiger charge is -2.21. The summed E-state index contributed by atoms with van der Waals surface area (Å²) in [5.41, 5.74) is 3.16. The van der Waals surface area contributed by atoms with E-state index in [0.29, 0.717) is 46.5 Å². The zero-order chi connectivity index (χ0) is 23.7. The number of nitrogens with one attached hydrogen (secondary N) is 1. The van der Waals surface area contributed by atoms with Crippen LogP contribution in [0.25, 0.3) is 5.69 Å². The number of carboxylic acids is 1. The summed E-state index contributed by atoms with van der Waals surface area (Å²) < 4.78 is 1.91. The van der Waals surface area contributed by atoms with Crippen LogP contribution in [0.15, 0.2) is 47.5 Å². The summed E-state index contributed by atoms with van der Waals surface area (Å²) in [5.74, 6) is -0.364. The van der Waals surface area contributed by atoms with Crippen LogP contribution in [-0.4, -0.2) is 43.5 Å². The van der Waals surface area contributed by atoms with Gasteiger partial charge in [0.25, 0.3) is 5.91 Å². The fraction of sp³-hybridized carbons (Fsp3) is 0.292. The van der Waals surface area contributed by atoms with Gasteiger partial charge in [0, 0.05) is 21.7 Å². The molecule has 2 atom stereocenters. The third-order valence-electron chi connectivity index (χ3n) is 5.92. The molecule has 1 aliphatic heterocycles. The summed E-state index contributed by atoms with van der Waals surface area (Å²) in [6.07, 6.45) is 0.625. The van der Waals surface area contributed by atoms with E-state index < -0.39 is 17.9 Å². The largest absolute Gasteiger partial charge is 0.480 e. The second-order valence-electron chi connectivity index (χ2n) is 8.05. The molecule has 1 amide bonds. The predicted octanol–water partition coefficient (Wildman–Crippen LogP) is 3.81. The van der Waals surface area contributed by atoms with Gasteiger partial charge in [0.15, 0.2) is 5.82 Å². The molecule has 0 saturated carbocycles. The predicted molar refractivity (Wildman–Crippen MR) is 125 cm³/mol. The Balaban J connectivity index is 1.83. The van der Waals surface area contributed by atoms with Gasteiger partial charge in [0.05, 0.1) is 11.4 Å². The van der Waals surface area contributed by atoms with Crippen molar-refractivity contribution in [1.29, 1.82) is 0 Å². The third kappa shape index (κ3) is 4.26. The van der Waals surface area contributed by atoms with Gasteiger partial charge in [-0.15, -0.1) is 10.2 Å². The number of halogens is 1. The van der Waals surface area contributed by atoms with E-state index in [4.69, 9.17) is 16.6 Å². The van der Waals surface area contributed by atoms with Crippen molar-refractivity contribution in [2.24, 2.45) is 10.9 Å². The highest BCUT2D eigenvalue weighted by molar-refractivity contribution is 6.35. The van der Waals surface area contributed by atoms with Crippen molar-refractivity contribution in [2.75, 3.05) is 0 Å². The summed E-state index contributed by atoms with van der Waals surface area (Å²) in [7, 11) is 0. The van der Waals surface area contributed by atoms with Crippen molar-refractivity contribution in [2.45, 2.75) is 39.8 Å². The van der Waals surface area contributed by atoms with E-state index in [-0.39, 0.29) is 5.92 Å². The highest BCUT2D eigenvalue weighted by Crippen LogP contribution is 2.29. The molecule has 2 N–H and O–H groups in total. The number of aliphatic imine (C=N–C) groups is 1. The molecule has 1 aromatic heterocycles. The van der Waals surface area contributed by atoms with E-state index >= 15 is 0 Å². The van der Waals surface area contributed by atoms with E-state index in [1.807, 2.05) is 36.6 Å². The Morgan fingerprint density at radius 1 is 1.18 bits per heavy atom. The maximum Gasteiger partial charge on any atom is 0.326 e. The maximum absolute atomic E-state index is 13.1. The molecule has 4 rings (SSSR count). The van der Waals surface area contributed by atoms with Gasteiger partial charge < -0.3 is 10.4 Å². The van der Waals surface area contributed by atoms with Crippen LogP contribution < -0.4 is 5.32 Å². The topological polar surface area (TPSA) is 109 Å². The first-order chi connectivity index (χ1) is 15.8. The fourth-order valence-corrected chi connectivity index (χ4v) is 4.14. The molecular weight excluding hydrogens is 442 g/mol. The van der Waals surface area contributed by atoms with Gasteiger partial charge in [-0.3, -0.25) is 14.4 Å². The van der Waals surface area contributed by atoms with Crippen molar-refractivity contribution >= 4 is 29.2 Å². The third-order valence-corrected chi connectivity index (χ3v) is 6.25. The number of hydrogen-bond acceptors (Lipinski definition) is 5. The van der Waals surface area contributed by atoms with Gasteiger partial charge in [-0.1, -0.05) is 50.1 Å². The Bertz CT molecular complexity index is 1270. The zero-order valence-electron chi connectivity index (χ0n) is 18.5. The summed E-state index contributed by atoms with van der Waals surface area (Å²) in [5, 5.41) is 21.2. The van der Waals surface area contributed by atoms with E-state index in [0.717, 1.165) is 11.3 Å². The molecule has 2 aromatic carbocycles. The van der Waals surface area contributed by atoms with Crippen molar-refractivity contribution in [3.05, 3.63) is 75.8 Å². The van der Waals surface area contributed by atoms with Crippen LogP contribution in [0.2, 0.25) is 5.02 Å². The molecule has 1 unspecified atom stereocenters. The standard InChI is InChI=1S/C24H24ClN5O3/c1-4-13(2)21(24(32)33)27-23(31)15-9-10-19-17(11-15)22(16-7-5-6-8-18(16)25)26-12-20-29-28-14(3)30(19)20/h5-11,13,21H,4,12H2,1-3H3,(H,27,31)(H,32,33)/t13?,21-/m0/s1. The first-order valence-corrected chi connectivity index (χ1v) is 11.1. The minimum atomic E-state index is -1.06. The number of aromatic nitrogens is 3. The second kappa shape index (κ2) is 9.15.